The zero-order valence-corrected chi connectivity index (χ0v) is 14.7. The molecule has 6 heteroatoms. The second-order valence-corrected chi connectivity index (χ2v) is 6.79. The Morgan fingerprint density at radius 2 is 1.12 bits per heavy atom. The second-order valence-electron chi connectivity index (χ2n) is 6.79. The van der Waals surface area contributed by atoms with E-state index in [1.165, 1.54) is 11.4 Å². The highest BCUT2D eigenvalue weighted by Crippen LogP contribution is 2.44. The van der Waals surface area contributed by atoms with E-state index in [9.17, 15) is 0 Å². The van der Waals surface area contributed by atoms with Crippen LogP contribution in [-0.4, -0.2) is 52.6 Å². The van der Waals surface area contributed by atoms with Gasteiger partial charge in [0, 0.05) is 49.7 Å². The number of fused-ring (bicyclic) bond motifs is 2. The number of rotatable bonds is 2. The Hall–Kier alpha value is -2.44. The van der Waals surface area contributed by atoms with Crippen molar-refractivity contribution < 1.29 is 14.2 Å². The van der Waals surface area contributed by atoms with Crippen LogP contribution in [0.15, 0.2) is 36.4 Å². The van der Waals surface area contributed by atoms with Gasteiger partial charge in [-0.15, -0.1) is 0 Å². The molecule has 2 aromatic carbocycles. The number of nitrogens with one attached hydrogen (secondary N) is 1. The fourth-order valence-electron chi connectivity index (χ4n) is 3.70. The largest absolute Gasteiger partial charge is 0.453 e. The number of ether oxygens (including phenoxy) is 3. The number of nitrogens with zero attached hydrogens (tertiary/aromatic N) is 2. The van der Waals surface area contributed by atoms with E-state index in [0.29, 0.717) is 0 Å². The first-order chi connectivity index (χ1) is 12.9. The van der Waals surface area contributed by atoms with Crippen molar-refractivity contribution in [2.75, 3.05) is 67.7 Å². The maximum absolute atomic E-state index is 6.26. The summed E-state index contributed by atoms with van der Waals surface area (Å²) in [7, 11) is 0. The summed E-state index contributed by atoms with van der Waals surface area (Å²) in [5.74, 6) is 1.75. The molecule has 3 aliphatic rings. The summed E-state index contributed by atoms with van der Waals surface area (Å²) in [5, 5.41) is 3.49. The average molecular weight is 353 g/mol. The Morgan fingerprint density at radius 1 is 0.654 bits per heavy atom. The Bertz CT molecular complexity index is 733. The molecule has 2 fully saturated rings. The lowest BCUT2D eigenvalue weighted by molar-refractivity contribution is 0.122. The zero-order valence-electron chi connectivity index (χ0n) is 14.7. The summed E-state index contributed by atoms with van der Waals surface area (Å²) in [6.07, 6.45) is 0. The molecule has 0 unspecified atom stereocenters. The first-order valence-electron chi connectivity index (χ1n) is 9.25. The van der Waals surface area contributed by atoms with Gasteiger partial charge in [-0.3, -0.25) is 0 Å². The smallest absolute Gasteiger partial charge is 0.153 e. The van der Waals surface area contributed by atoms with Crippen molar-refractivity contribution >= 4 is 22.7 Å². The summed E-state index contributed by atoms with van der Waals surface area (Å²) in [6.45, 7) is 6.80. The van der Waals surface area contributed by atoms with E-state index < -0.39 is 0 Å². The fourth-order valence-corrected chi connectivity index (χ4v) is 3.70. The van der Waals surface area contributed by atoms with Crippen LogP contribution in [0.25, 0.3) is 0 Å². The van der Waals surface area contributed by atoms with Gasteiger partial charge in [0.05, 0.1) is 37.8 Å². The first kappa shape index (κ1) is 15.8. The van der Waals surface area contributed by atoms with Crippen LogP contribution < -0.4 is 19.9 Å². The molecule has 0 amide bonds. The second kappa shape index (κ2) is 6.70. The highest BCUT2D eigenvalue weighted by Gasteiger charge is 2.21. The van der Waals surface area contributed by atoms with Crippen molar-refractivity contribution in [3.8, 4) is 11.5 Å². The van der Waals surface area contributed by atoms with Crippen LogP contribution in [0.2, 0.25) is 0 Å². The molecule has 3 aliphatic heterocycles. The predicted molar refractivity (Wildman–Crippen MR) is 102 cm³/mol. The van der Waals surface area contributed by atoms with Gasteiger partial charge in [-0.2, -0.15) is 0 Å². The highest BCUT2D eigenvalue weighted by atomic mass is 16.5. The standard InChI is InChI=1S/C20H23N3O3/c1-3-17-19(13-15(1)22-5-9-24-10-6-22)26-20-14-16(2-4-18(20)21-17)23-7-11-25-12-8-23/h1-4,13-14,21H,5-12H2. The van der Waals surface area contributed by atoms with Crippen molar-refractivity contribution in [1.82, 2.24) is 0 Å². The summed E-state index contributed by atoms with van der Waals surface area (Å²) in [4.78, 5) is 4.68. The number of hydrogen-bond acceptors (Lipinski definition) is 6. The SMILES string of the molecule is c1cc2c(cc1N1CCOCC1)Oc1cc(N3CCOCC3)ccc1N2. The molecule has 0 aliphatic carbocycles. The third-order valence-electron chi connectivity index (χ3n) is 5.17. The van der Waals surface area contributed by atoms with E-state index in [1.807, 2.05) is 0 Å². The number of morpholine rings is 2. The van der Waals surface area contributed by atoms with Gasteiger partial charge in [-0.05, 0) is 24.3 Å². The molecule has 2 aromatic rings. The van der Waals surface area contributed by atoms with Crippen LogP contribution in [0.4, 0.5) is 22.7 Å². The summed E-state index contributed by atoms with van der Waals surface area (Å²) in [5.41, 5.74) is 4.38. The van der Waals surface area contributed by atoms with E-state index in [2.05, 4.69) is 51.5 Å². The Labute approximate surface area is 153 Å². The van der Waals surface area contributed by atoms with Gasteiger partial charge in [0.2, 0.25) is 0 Å². The molecule has 0 saturated carbocycles. The first-order valence-corrected chi connectivity index (χ1v) is 9.25. The summed E-state index contributed by atoms with van der Waals surface area (Å²) < 4.78 is 17.2. The number of benzene rings is 2. The predicted octanol–water partition coefficient (Wildman–Crippen LogP) is 3.21. The van der Waals surface area contributed by atoms with Crippen molar-refractivity contribution in [2.45, 2.75) is 0 Å². The molecular weight excluding hydrogens is 330 g/mol. The monoisotopic (exact) mass is 353 g/mol. The summed E-state index contributed by atoms with van der Waals surface area (Å²) in [6, 6.07) is 12.7. The lowest BCUT2D eigenvalue weighted by Crippen LogP contribution is -2.36. The van der Waals surface area contributed by atoms with E-state index in [4.69, 9.17) is 14.2 Å². The molecular formula is C20H23N3O3. The van der Waals surface area contributed by atoms with E-state index in [-0.39, 0.29) is 0 Å². The van der Waals surface area contributed by atoms with Gasteiger partial charge in [-0.1, -0.05) is 0 Å². The van der Waals surface area contributed by atoms with Crippen molar-refractivity contribution in [3.05, 3.63) is 36.4 Å². The van der Waals surface area contributed by atoms with Crippen LogP contribution in [0.3, 0.4) is 0 Å². The lowest BCUT2D eigenvalue weighted by Gasteiger charge is -2.31. The summed E-state index contributed by atoms with van der Waals surface area (Å²) >= 11 is 0. The minimum Gasteiger partial charge on any atom is -0.453 e. The van der Waals surface area contributed by atoms with Gasteiger partial charge in [-0.25, -0.2) is 0 Å². The molecule has 3 heterocycles. The van der Waals surface area contributed by atoms with E-state index >= 15 is 0 Å². The van der Waals surface area contributed by atoms with Crippen molar-refractivity contribution in [3.63, 3.8) is 0 Å². The van der Waals surface area contributed by atoms with Gasteiger partial charge in [0.1, 0.15) is 0 Å². The molecule has 0 spiro atoms. The Kier molecular flexibility index (Phi) is 4.07. The fraction of sp³-hybridized carbons (Fsp3) is 0.400. The van der Waals surface area contributed by atoms with Gasteiger partial charge in [0.15, 0.2) is 11.5 Å². The maximum atomic E-state index is 6.26. The third-order valence-corrected chi connectivity index (χ3v) is 5.17. The Balaban J connectivity index is 1.40. The average Bonchev–Trinajstić information content (AvgIpc) is 2.73. The molecule has 1 N–H and O–H groups in total. The quantitative estimate of drug-likeness (QED) is 0.763. The van der Waals surface area contributed by atoms with E-state index in [0.717, 1.165) is 75.5 Å². The Morgan fingerprint density at radius 3 is 1.58 bits per heavy atom. The minimum absolute atomic E-state index is 0.780. The van der Waals surface area contributed by atoms with E-state index in [1.54, 1.807) is 0 Å². The molecule has 26 heavy (non-hydrogen) atoms. The highest BCUT2D eigenvalue weighted by molar-refractivity contribution is 5.79. The number of hydrogen-bond donors (Lipinski definition) is 1. The molecule has 2 saturated heterocycles. The molecule has 0 atom stereocenters. The molecule has 5 rings (SSSR count). The van der Waals surface area contributed by atoms with Gasteiger partial charge >= 0.3 is 0 Å². The van der Waals surface area contributed by atoms with Crippen molar-refractivity contribution in [2.24, 2.45) is 0 Å². The molecule has 0 aromatic heterocycles. The molecule has 136 valence electrons. The van der Waals surface area contributed by atoms with Gasteiger partial charge in [0.25, 0.3) is 0 Å². The topological polar surface area (TPSA) is 46.2 Å². The molecule has 0 bridgehead atoms. The van der Waals surface area contributed by atoms with Crippen LogP contribution >= 0.6 is 0 Å². The molecule has 0 radical (unpaired) electrons. The zero-order chi connectivity index (χ0) is 17.3. The van der Waals surface area contributed by atoms with Crippen LogP contribution in [0.1, 0.15) is 0 Å². The number of anilines is 4. The van der Waals surface area contributed by atoms with Crippen LogP contribution in [-0.2, 0) is 9.47 Å². The van der Waals surface area contributed by atoms with Gasteiger partial charge < -0.3 is 29.3 Å². The maximum Gasteiger partial charge on any atom is 0.153 e. The lowest BCUT2D eigenvalue weighted by atomic mass is 10.1. The third kappa shape index (κ3) is 2.95. The minimum atomic E-state index is 0.780. The van der Waals surface area contributed by atoms with Crippen molar-refractivity contribution in [1.29, 1.82) is 0 Å². The normalized spacial score (nSPS) is 19.2. The van der Waals surface area contributed by atoms with Crippen LogP contribution in [0.5, 0.6) is 11.5 Å². The molecule has 6 nitrogen and oxygen atoms in total. The van der Waals surface area contributed by atoms with Crippen LogP contribution in [0, 0.1) is 0 Å².